The highest BCUT2D eigenvalue weighted by molar-refractivity contribution is 6.03. The lowest BCUT2D eigenvalue weighted by Gasteiger charge is -2.09. The van der Waals surface area contributed by atoms with Crippen molar-refractivity contribution in [3.05, 3.63) is 93.3 Å². The van der Waals surface area contributed by atoms with Gasteiger partial charge in [-0.3, -0.25) is 14.6 Å². The zero-order chi connectivity index (χ0) is 24.0. The minimum Gasteiger partial charge on any atom is -0.306 e. The van der Waals surface area contributed by atoms with Gasteiger partial charge in [-0.25, -0.2) is 9.07 Å². The number of hydrogen-bond acceptors (Lipinski definition) is 5. The Bertz CT molecular complexity index is 1610. The number of halogens is 1. The maximum Gasteiger partial charge on any atom is 0.263 e. The molecule has 5 aromatic rings. The van der Waals surface area contributed by atoms with Crippen molar-refractivity contribution in [2.24, 2.45) is 0 Å². The molecule has 0 unspecified atom stereocenters. The number of nitrogens with one attached hydrogen (secondary N) is 2. The van der Waals surface area contributed by atoms with Gasteiger partial charge in [0.1, 0.15) is 17.0 Å². The maximum atomic E-state index is 13.2. The largest absolute Gasteiger partial charge is 0.306 e. The third-order valence-corrected chi connectivity index (χ3v) is 5.54. The summed E-state index contributed by atoms with van der Waals surface area (Å²) in [5.41, 5.74) is 3.82. The normalized spacial score (nSPS) is 11.2. The van der Waals surface area contributed by atoms with E-state index < -0.39 is 11.7 Å². The van der Waals surface area contributed by atoms with E-state index in [1.54, 1.807) is 17.7 Å². The Hall–Kier alpha value is -4.60. The molecular formula is C24H20FN7O2. The van der Waals surface area contributed by atoms with E-state index in [1.807, 2.05) is 32.0 Å². The van der Waals surface area contributed by atoms with E-state index in [0.29, 0.717) is 22.5 Å². The summed E-state index contributed by atoms with van der Waals surface area (Å²) < 4.78 is 16.1. The molecule has 2 N–H and O–H groups in total. The molecule has 9 nitrogen and oxygen atoms in total. The van der Waals surface area contributed by atoms with E-state index >= 15 is 0 Å². The van der Waals surface area contributed by atoms with Gasteiger partial charge in [0.2, 0.25) is 5.95 Å². The number of aromatic nitrogens is 6. The molecule has 1 amide bonds. The predicted octanol–water partition coefficient (Wildman–Crippen LogP) is 3.61. The van der Waals surface area contributed by atoms with Gasteiger partial charge in [0.15, 0.2) is 5.65 Å². The van der Waals surface area contributed by atoms with Crippen molar-refractivity contribution < 1.29 is 9.18 Å². The van der Waals surface area contributed by atoms with Gasteiger partial charge in [0.25, 0.3) is 11.5 Å². The summed E-state index contributed by atoms with van der Waals surface area (Å²) in [5, 5.41) is 11.8. The number of aryl methyl sites for hydroxylation is 3. The smallest absolute Gasteiger partial charge is 0.263 e. The highest BCUT2D eigenvalue weighted by Crippen LogP contribution is 2.20. The minimum atomic E-state index is -0.454. The van der Waals surface area contributed by atoms with Crippen LogP contribution in [0.4, 0.5) is 10.2 Å². The topological polar surface area (TPSA) is 110 Å². The Morgan fingerprint density at radius 2 is 1.76 bits per heavy atom. The lowest BCUT2D eigenvalue weighted by atomic mass is 10.1. The lowest BCUT2D eigenvalue weighted by molar-refractivity contribution is 0.102. The first kappa shape index (κ1) is 21.3. The van der Waals surface area contributed by atoms with E-state index in [2.05, 4.69) is 25.5 Å². The van der Waals surface area contributed by atoms with Gasteiger partial charge in [0, 0.05) is 11.6 Å². The molecule has 170 valence electrons. The molecule has 3 heterocycles. The third kappa shape index (κ3) is 3.75. The monoisotopic (exact) mass is 457 g/mol. The zero-order valence-electron chi connectivity index (χ0n) is 18.6. The first-order valence-electron chi connectivity index (χ1n) is 10.5. The van der Waals surface area contributed by atoms with Crippen LogP contribution in [0.5, 0.6) is 0 Å². The van der Waals surface area contributed by atoms with Crippen molar-refractivity contribution in [1.29, 1.82) is 0 Å². The van der Waals surface area contributed by atoms with Crippen molar-refractivity contribution >= 4 is 22.8 Å². The highest BCUT2D eigenvalue weighted by Gasteiger charge is 2.17. The van der Waals surface area contributed by atoms with Crippen LogP contribution in [0, 0.1) is 26.6 Å². The number of fused-ring (bicyclic) bond motifs is 1. The van der Waals surface area contributed by atoms with Gasteiger partial charge in [-0.15, -0.1) is 0 Å². The first-order valence-corrected chi connectivity index (χ1v) is 10.5. The van der Waals surface area contributed by atoms with Crippen LogP contribution >= 0.6 is 0 Å². The number of carbonyl (C=O) groups excluding carboxylic acids is 1. The molecule has 3 aromatic heterocycles. The molecule has 2 aromatic carbocycles. The molecule has 0 aliphatic heterocycles. The van der Waals surface area contributed by atoms with E-state index in [-0.39, 0.29) is 17.1 Å². The van der Waals surface area contributed by atoms with Crippen LogP contribution < -0.4 is 10.9 Å². The van der Waals surface area contributed by atoms with Crippen LogP contribution in [0.15, 0.2) is 59.5 Å². The number of rotatable bonds is 4. The van der Waals surface area contributed by atoms with Gasteiger partial charge in [0.05, 0.1) is 17.6 Å². The van der Waals surface area contributed by atoms with Crippen molar-refractivity contribution in [2.75, 3.05) is 5.32 Å². The van der Waals surface area contributed by atoms with Gasteiger partial charge in [-0.05, 0) is 68.3 Å². The van der Waals surface area contributed by atoms with Gasteiger partial charge < -0.3 is 5.32 Å². The Balaban J connectivity index is 1.58. The molecular weight excluding hydrogens is 437 g/mol. The SMILES string of the molecule is Cc1cc(NC(=O)c2ccc(F)cc2)n(-c2nc3c(cnn3-c3ccc(C)c(C)c3)c(=O)[nH]2)n1. The van der Waals surface area contributed by atoms with Crippen molar-refractivity contribution in [3.8, 4) is 11.6 Å². The second kappa shape index (κ2) is 8.07. The number of aromatic amines is 1. The second-order valence-electron chi connectivity index (χ2n) is 8.00. The molecule has 0 saturated carbocycles. The summed E-state index contributed by atoms with van der Waals surface area (Å²) in [4.78, 5) is 32.8. The van der Waals surface area contributed by atoms with Gasteiger partial charge >= 0.3 is 0 Å². The molecule has 0 radical (unpaired) electrons. The molecule has 34 heavy (non-hydrogen) atoms. The van der Waals surface area contributed by atoms with E-state index in [4.69, 9.17) is 0 Å². The number of amides is 1. The fraction of sp³-hybridized carbons (Fsp3) is 0.125. The summed E-state index contributed by atoms with van der Waals surface area (Å²) in [6.07, 6.45) is 1.46. The quantitative estimate of drug-likeness (QED) is 0.428. The Morgan fingerprint density at radius 3 is 2.50 bits per heavy atom. The van der Waals surface area contributed by atoms with Crippen LogP contribution in [-0.4, -0.2) is 35.4 Å². The Morgan fingerprint density at radius 1 is 1.00 bits per heavy atom. The molecule has 0 aliphatic carbocycles. The first-order chi connectivity index (χ1) is 16.3. The van der Waals surface area contributed by atoms with E-state index in [1.165, 1.54) is 35.1 Å². The molecule has 0 bridgehead atoms. The summed E-state index contributed by atoms with van der Waals surface area (Å²) in [5.74, 6) is -0.477. The molecule has 0 atom stereocenters. The number of nitrogens with zero attached hydrogens (tertiary/aromatic N) is 5. The summed E-state index contributed by atoms with van der Waals surface area (Å²) in [7, 11) is 0. The fourth-order valence-corrected chi connectivity index (χ4v) is 3.59. The van der Waals surface area contributed by atoms with Crippen molar-refractivity contribution in [2.45, 2.75) is 20.8 Å². The molecule has 10 heteroatoms. The Labute approximate surface area is 192 Å². The minimum absolute atomic E-state index is 0.116. The standard InChI is InChI=1S/C24H20FN7O2/c1-13-4-9-18(10-14(13)2)31-21-19(12-26-31)23(34)29-24(28-21)32-20(11-15(3)30-32)27-22(33)16-5-7-17(25)8-6-16/h4-12H,1-3H3,(H,27,33)(H,28,29,34). The molecule has 0 saturated heterocycles. The van der Waals surface area contributed by atoms with Crippen molar-refractivity contribution in [1.82, 2.24) is 29.5 Å². The fourth-order valence-electron chi connectivity index (χ4n) is 3.59. The van der Waals surface area contributed by atoms with E-state index in [0.717, 1.165) is 16.8 Å². The van der Waals surface area contributed by atoms with Crippen LogP contribution in [0.3, 0.4) is 0 Å². The second-order valence-corrected chi connectivity index (χ2v) is 8.00. The van der Waals surface area contributed by atoms with Crippen molar-refractivity contribution in [3.63, 3.8) is 0 Å². The molecule has 0 fully saturated rings. The van der Waals surface area contributed by atoms with Gasteiger partial charge in [-0.1, -0.05) is 6.07 Å². The highest BCUT2D eigenvalue weighted by atomic mass is 19.1. The van der Waals surface area contributed by atoms with Crippen LogP contribution in [0.2, 0.25) is 0 Å². The third-order valence-electron chi connectivity index (χ3n) is 5.54. The lowest BCUT2D eigenvalue weighted by Crippen LogP contribution is -2.19. The summed E-state index contributed by atoms with van der Waals surface area (Å²) in [6, 6.07) is 12.7. The van der Waals surface area contributed by atoms with Gasteiger partial charge in [-0.2, -0.15) is 19.9 Å². The van der Waals surface area contributed by atoms with Crippen LogP contribution in [-0.2, 0) is 0 Å². The summed E-state index contributed by atoms with van der Waals surface area (Å²) in [6.45, 7) is 5.77. The number of carbonyl (C=O) groups is 1. The number of hydrogen-bond donors (Lipinski definition) is 2. The molecule has 0 spiro atoms. The van der Waals surface area contributed by atoms with E-state index in [9.17, 15) is 14.0 Å². The van der Waals surface area contributed by atoms with Crippen LogP contribution in [0.25, 0.3) is 22.7 Å². The Kier molecular flexibility index (Phi) is 5.05. The van der Waals surface area contributed by atoms with Crippen LogP contribution in [0.1, 0.15) is 27.2 Å². The average Bonchev–Trinajstić information content (AvgIpc) is 3.39. The molecule has 0 aliphatic rings. The zero-order valence-corrected chi connectivity index (χ0v) is 18.6. The average molecular weight is 457 g/mol. The predicted molar refractivity (Wildman–Crippen MR) is 125 cm³/mol. The number of H-pyrrole nitrogens is 1. The number of anilines is 1. The maximum absolute atomic E-state index is 13.2. The summed E-state index contributed by atoms with van der Waals surface area (Å²) >= 11 is 0. The molecule has 5 rings (SSSR count). The number of benzene rings is 2.